The molecular weight excluding hydrogens is 272 g/mol. The van der Waals surface area contributed by atoms with Gasteiger partial charge in [-0.2, -0.15) is 13.9 Å². The molecule has 1 rings (SSSR count). The summed E-state index contributed by atoms with van der Waals surface area (Å²) < 4.78 is 25.8. The van der Waals surface area contributed by atoms with E-state index in [4.69, 9.17) is 5.11 Å². The van der Waals surface area contributed by atoms with Crippen LogP contribution in [0.3, 0.4) is 0 Å². The van der Waals surface area contributed by atoms with Crippen LogP contribution in [0, 0.1) is 13.8 Å². The number of carboxylic acid groups (broad SMARTS) is 1. The molecule has 20 heavy (non-hydrogen) atoms. The standard InChI is InChI=1S/C12H17F2N3O3/c1-7-9(8(2)17(16-7)12(13)14)6-10(18)15-5-3-4-11(19)20/h12H,3-6H2,1-2H3,(H,15,18)(H,19,20). The topological polar surface area (TPSA) is 84.2 Å². The number of nitrogens with one attached hydrogen (secondary N) is 1. The van der Waals surface area contributed by atoms with Crippen molar-refractivity contribution in [2.45, 2.75) is 39.7 Å². The SMILES string of the molecule is Cc1nn(C(F)F)c(C)c1CC(=O)NCCCC(=O)O. The molecule has 1 aromatic heterocycles. The van der Waals surface area contributed by atoms with Crippen molar-refractivity contribution in [2.75, 3.05) is 6.54 Å². The second-order valence-electron chi connectivity index (χ2n) is 4.40. The molecule has 0 aliphatic heterocycles. The van der Waals surface area contributed by atoms with Gasteiger partial charge in [0.25, 0.3) is 0 Å². The monoisotopic (exact) mass is 289 g/mol. The first-order valence-electron chi connectivity index (χ1n) is 6.14. The first-order valence-corrected chi connectivity index (χ1v) is 6.14. The number of amides is 1. The average molecular weight is 289 g/mol. The summed E-state index contributed by atoms with van der Waals surface area (Å²) in [5.74, 6) is -1.26. The van der Waals surface area contributed by atoms with Crippen molar-refractivity contribution in [2.24, 2.45) is 0 Å². The Kier molecular flexibility index (Phi) is 5.60. The lowest BCUT2D eigenvalue weighted by Gasteiger charge is -2.05. The van der Waals surface area contributed by atoms with E-state index in [1.54, 1.807) is 6.92 Å². The Bertz CT molecular complexity index is 500. The summed E-state index contributed by atoms with van der Waals surface area (Å²) >= 11 is 0. The number of aryl methyl sites for hydroxylation is 1. The quantitative estimate of drug-likeness (QED) is 0.743. The Morgan fingerprint density at radius 1 is 1.40 bits per heavy atom. The van der Waals surface area contributed by atoms with Crippen LogP contribution < -0.4 is 5.32 Å². The lowest BCUT2D eigenvalue weighted by atomic mass is 10.1. The molecule has 0 saturated heterocycles. The molecule has 1 heterocycles. The number of rotatable bonds is 7. The van der Waals surface area contributed by atoms with Gasteiger partial charge in [0.15, 0.2) is 0 Å². The molecule has 0 spiro atoms. The molecular formula is C12H17F2N3O3. The summed E-state index contributed by atoms with van der Waals surface area (Å²) in [4.78, 5) is 22.0. The number of hydrogen-bond acceptors (Lipinski definition) is 3. The lowest BCUT2D eigenvalue weighted by Crippen LogP contribution is -2.26. The summed E-state index contributed by atoms with van der Waals surface area (Å²) in [6.07, 6.45) is 0.258. The van der Waals surface area contributed by atoms with Crippen molar-refractivity contribution in [3.8, 4) is 0 Å². The highest BCUT2D eigenvalue weighted by Crippen LogP contribution is 2.19. The fourth-order valence-corrected chi connectivity index (χ4v) is 1.83. The molecule has 2 N–H and O–H groups in total. The van der Waals surface area contributed by atoms with E-state index in [0.717, 1.165) is 0 Å². The highest BCUT2D eigenvalue weighted by Gasteiger charge is 2.18. The number of aliphatic carboxylic acids is 1. The van der Waals surface area contributed by atoms with Crippen LogP contribution in [0.4, 0.5) is 8.78 Å². The second kappa shape index (κ2) is 6.97. The van der Waals surface area contributed by atoms with Crippen molar-refractivity contribution in [3.05, 3.63) is 17.0 Å². The number of halogens is 2. The van der Waals surface area contributed by atoms with Crippen LogP contribution in [0.25, 0.3) is 0 Å². The molecule has 0 saturated carbocycles. The maximum absolute atomic E-state index is 12.6. The second-order valence-corrected chi connectivity index (χ2v) is 4.40. The van der Waals surface area contributed by atoms with Gasteiger partial charge < -0.3 is 10.4 Å². The lowest BCUT2D eigenvalue weighted by molar-refractivity contribution is -0.137. The fourth-order valence-electron chi connectivity index (χ4n) is 1.83. The molecule has 0 unspecified atom stereocenters. The number of carbonyl (C=O) groups is 2. The Hall–Kier alpha value is -1.99. The Morgan fingerprint density at radius 2 is 2.05 bits per heavy atom. The van der Waals surface area contributed by atoms with Gasteiger partial charge in [-0.25, -0.2) is 4.68 Å². The van der Waals surface area contributed by atoms with Gasteiger partial charge in [-0.1, -0.05) is 0 Å². The zero-order chi connectivity index (χ0) is 15.3. The first-order chi connectivity index (χ1) is 9.32. The number of aromatic nitrogens is 2. The Balaban J connectivity index is 2.56. The molecule has 0 aliphatic carbocycles. The van der Waals surface area contributed by atoms with E-state index in [9.17, 15) is 18.4 Å². The largest absolute Gasteiger partial charge is 0.481 e. The number of alkyl halides is 2. The van der Waals surface area contributed by atoms with Crippen LogP contribution in [0.15, 0.2) is 0 Å². The molecule has 1 amide bonds. The minimum Gasteiger partial charge on any atom is -0.481 e. The highest BCUT2D eigenvalue weighted by atomic mass is 19.3. The zero-order valence-electron chi connectivity index (χ0n) is 11.3. The smallest absolute Gasteiger partial charge is 0.333 e. The number of nitrogens with zero attached hydrogens (tertiary/aromatic N) is 2. The molecule has 0 atom stereocenters. The zero-order valence-corrected chi connectivity index (χ0v) is 11.3. The number of hydrogen-bond donors (Lipinski definition) is 2. The number of carbonyl (C=O) groups excluding carboxylic acids is 1. The van der Waals surface area contributed by atoms with Gasteiger partial charge in [-0.3, -0.25) is 9.59 Å². The molecule has 1 aromatic rings. The van der Waals surface area contributed by atoms with Crippen molar-refractivity contribution >= 4 is 11.9 Å². The predicted molar refractivity (Wildman–Crippen MR) is 66.5 cm³/mol. The molecule has 0 bridgehead atoms. The normalized spacial score (nSPS) is 10.8. The van der Waals surface area contributed by atoms with Crippen LogP contribution >= 0.6 is 0 Å². The van der Waals surface area contributed by atoms with Crippen molar-refractivity contribution in [3.63, 3.8) is 0 Å². The van der Waals surface area contributed by atoms with E-state index in [1.807, 2.05) is 0 Å². The average Bonchev–Trinajstić information content (AvgIpc) is 2.62. The third kappa shape index (κ3) is 4.29. The maximum Gasteiger partial charge on any atom is 0.333 e. The van der Waals surface area contributed by atoms with Gasteiger partial charge in [0.2, 0.25) is 5.91 Å². The Morgan fingerprint density at radius 3 is 2.55 bits per heavy atom. The molecule has 0 fully saturated rings. The molecule has 6 nitrogen and oxygen atoms in total. The molecule has 0 aromatic carbocycles. The minimum absolute atomic E-state index is 0.0261. The predicted octanol–water partition coefficient (Wildman–Crippen LogP) is 1.42. The summed E-state index contributed by atoms with van der Waals surface area (Å²) in [5, 5.41) is 14.7. The van der Waals surface area contributed by atoms with Crippen molar-refractivity contribution in [1.82, 2.24) is 15.1 Å². The van der Waals surface area contributed by atoms with Gasteiger partial charge in [0, 0.05) is 24.2 Å². The minimum atomic E-state index is -2.74. The van der Waals surface area contributed by atoms with E-state index in [1.165, 1.54) is 6.92 Å². The maximum atomic E-state index is 12.6. The first kappa shape index (κ1) is 16.1. The molecule has 0 radical (unpaired) electrons. The fraction of sp³-hybridized carbons (Fsp3) is 0.583. The Labute approximate surface area is 114 Å². The molecule has 8 heteroatoms. The van der Waals surface area contributed by atoms with Crippen LogP contribution in [0.1, 0.15) is 36.3 Å². The van der Waals surface area contributed by atoms with Crippen LogP contribution in [-0.2, 0) is 16.0 Å². The number of carboxylic acids is 1. The van der Waals surface area contributed by atoms with Gasteiger partial charge in [0.1, 0.15) is 0 Å². The van der Waals surface area contributed by atoms with Crippen LogP contribution in [0.2, 0.25) is 0 Å². The van der Waals surface area contributed by atoms with Crippen molar-refractivity contribution < 1.29 is 23.5 Å². The van der Waals surface area contributed by atoms with Gasteiger partial charge in [-0.15, -0.1) is 0 Å². The summed E-state index contributed by atoms with van der Waals surface area (Å²) in [6.45, 7) is 0.561. The third-order valence-electron chi connectivity index (χ3n) is 2.89. The van der Waals surface area contributed by atoms with Gasteiger partial charge in [-0.05, 0) is 20.3 Å². The van der Waals surface area contributed by atoms with E-state index in [0.29, 0.717) is 22.4 Å². The van der Waals surface area contributed by atoms with Crippen LogP contribution in [0.5, 0.6) is 0 Å². The third-order valence-corrected chi connectivity index (χ3v) is 2.89. The summed E-state index contributed by atoms with van der Waals surface area (Å²) in [6, 6.07) is 0. The van der Waals surface area contributed by atoms with E-state index >= 15 is 0 Å². The van der Waals surface area contributed by atoms with Crippen molar-refractivity contribution in [1.29, 1.82) is 0 Å². The van der Waals surface area contributed by atoms with Gasteiger partial charge in [0.05, 0.1) is 12.1 Å². The molecule has 0 aliphatic rings. The highest BCUT2D eigenvalue weighted by molar-refractivity contribution is 5.79. The summed E-state index contributed by atoms with van der Waals surface area (Å²) in [5.41, 5.74) is 1.13. The van der Waals surface area contributed by atoms with E-state index in [2.05, 4.69) is 10.4 Å². The summed E-state index contributed by atoms with van der Waals surface area (Å²) in [7, 11) is 0. The molecule has 112 valence electrons. The van der Waals surface area contributed by atoms with E-state index < -0.39 is 12.5 Å². The van der Waals surface area contributed by atoms with Crippen LogP contribution in [-0.4, -0.2) is 33.3 Å². The van der Waals surface area contributed by atoms with E-state index in [-0.39, 0.29) is 31.0 Å². The van der Waals surface area contributed by atoms with Gasteiger partial charge >= 0.3 is 12.5 Å².